The summed E-state index contributed by atoms with van der Waals surface area (Å²) in [5.74, 6) is 1.63. The van der Waals surface area contributed by atoms with E-state index in [-0.39, 0.29) is 6.10 Å². The van der Waals surface area contributed by atoms with Crippen LogP contribution in [-0.2, 0) is 11.3 Å². The minimum absolute atomic E-state index is 0.260. The maximum Gasteiger partial charge on any atom is 0.231 e. The first-order valence-electron chi connectivity index (χ1n) is 6.54. The maximum atomic E-state index is 5.88. The Hall–Kier alpha value is -1.26. The van der Waals surface area contributed by atoms with E-state index >= 15 is 0 Å². The number of fused-ring (bicyclic) bond motifs is 1. The normalized spacial score (nSPS) is 14.8. The van der Waals surface area contributed by atoms with E-state index in [1.54, 1.807) is 0 Å². The van der Waals surface area contributed by atoms with Crippen LogP contribution < -0.4 is 14.8 Å². The molecule has 4 heteroatoms. The molecule has 0 fully saturated rings. The van der Waals surface area contributed by atoms with E-state index in [0.717, 1.165) is 36.6 Å². The summed E-state index contributed by atoms with van der Waals surface area (Å²) in [6, 6.07) is 5.95. The largest absolute Gasteiger partial charge is 0.454 e. The third kappa shape index (κ3) is 3.37. The second-order valence-electron chi connectivity index (χ2n) is 4.34. The molecule has 0 bridgehead atoms. The molecule has 1 aromatic carbocycles. The Labute approximate surface area is 108 Å². The van der Waals surface area contributed by atoms with Crippen LogP contribution in [0.25, 0.3) is 0 Å². The first-order chi connectivity index (χ1) is 8.83. The Kier molecular flexibility index (Phi) is 4.84. The van der Waals surface area contributed by atoms with Gasteiger partial charge in [0, 0.05) is 6.54 Å². The predicted octanol–water partition coefficient (Wildman–Crippen LogP) is 2.32. The first kappa shape index (κ1) is 13.2. The van der Waals surface area contributed by atoms with E-state index in [1.165, 1.54) is 0 Å². The predicted molar refractivity (Wildman–Crippen MR) is 70.0 cm³/mol. The van der Waals surface area contributed by atoms with Gasteiger partial charge < -0.3 is 19.5 Å². The smallest absolute Gasteiger partial charge is 0.231 e. The molecule has 1 heterocycles. The third-order valence-corrected chi connectivity index (χ3v) is 3.00. The van der Waals surface area contributed by atoms with Gasteiger partial charge in [-0.05, 0) is 30.7 Å². The van der Waals surface area contributed by atoms with Gasteiger partial charge in [-0.15, -0.1) is 0 Å². The third-order valence-electron chi connectivity index (χ3n) is 3.00. The lowest BCUT2D eigenvalue weighted by molar-refractivity contribution is 0.0387. The number of hydrogen-bond acceptors (Lipinski definition) is 4. The second kappa shape index (κ2) is 6.61. The lowest BCUT2D eigenvalue weighted by Gasteiger charge is -2.16. The molecular formula is C14H21NO3. The molecule has 1 unspecified atom stereocenters. The molecule has 1 N–H and O–H groups in total. The molecule has 0 saturated heterocycles. The van der Waals surface area contributed by atoms with Gasteiger partial charge >= 0.3 is 0 Å². The van der Waals surface area contributed by atoms with Gasteiger partial charge in [0.1, 0.15) is 0 Å². The fourth-order valence-corrected chi connectivity index (χ4v) is 1.87. The zero-order valence-electron chi connectivity index (χ0n) is 11.1. The summed E-state index contributed by atoms with van der Waals surface area (Å²) >= 11 is 0. The van der Waals surface area contributed by atoms with Gasteiger partial charge in [0.2, 0.25) is 6.79 Å². The zero-order valence-corrected chi connectivity index (χ0v) is 11.1. The van der Waals surface area contributed by atoms with Crippen molar-refractivity contribution in [2.45, 2.75) is 33.0 Å². The molecule has 4 nitrogen and oxygen atoms in total. The molecule has 0 amide bonds. The number of likely N-dealkylation sites (N-methyl/N-ethyl adjacent to an activating group) is 1. The van der Waals surface area contributed by atoms with E-state index in [4.69, 9.17) is 14.2 Å². The number of benzene rings is 1. The summed E-state index contributed by atoms with van der Waals surface area (Å²) in [5, 5.41) is 3.31. The van der Waals surface area contributed by atoms with Gasteiger partial charge in [0.05, 0.1) is 12.7 Å². The Morgan fingerprint density at radius 2 is 2.11 bits per heavy atom. The molecular weight excluding hydrogens is 230 g/mol. The van der Waals surface area contributed by atoms with Crippen LogP contribution in [-0.4, -0.2) is 26.0 Å². The molecule has 1 aromatic rings. The summed E-state index contributed by atoms with van der Waals surface area (Å²) in [6.45, 7) is 7.05. The van der Waals surface area contributed by atoms with Crippen molar-refractivity contribution in [3.8, 4) is 11.5 Å². The fourth-order valence-electron chi connectivity index (χ4n) is 1.87. The van der Waals surface area contributed by atoms with E-state index in [1.807, 2.05) is 18.2 Å². The summed E-state index contributed by atoms with van der Waals surface area (Å²) in [7, 11) is 0. The lowest BCUT2D eigenvalue weighted by atomic mass is 10.2. The van der Waals surface area contributed by atoms with E-state index < -0.39 is 0 Å². The summed E-state index contributed by atoms with van der Waals surface area (Å²) in [6.07, 6.45) is 1.27. The maximum absolute atomic E-state index is 5.88. The molecule has 1 aliphatic heterocycles. The Balaban J connectivity index is 1.85. The number of ether oxygens (including phenoxy) is 3. The molecule has 2 rings (SSSR count). The van der Waals surface area contributed by atoms with Crippen molar-refractivity contribution in [2.75, 3.05) is 19.9 Å². The van der Waals surface area contributed by atoms with E-state index in [9.17, 15) is 0 Å². The topological polar surface area (TPSA) is 39.7 Å². The average Bonchev–Trinajstić information content (AvgIpc) is 2.86. The fraction of sp³-hybridized carbons (Fsp3) is 0.571. The molecule has 1 atom stereocenters. The minimum atomic E-state index is 0.260. The number of hydrogen-bond donors (Lipinski definition) is 1. The highest BCUT2D eigenvalue weighted by atomic mass is 16.7. The van der Waals surface area contributed by atoms with Crippen LogP contribution in [0.4, 0.5) is 0 Å². The van der Waals surface area contributed by atoms with Crippen molar-refractivity contribution >= 4 is 0 Å². The van der Waals surface area contributed by atoms with Gasteiger partial charge in [-0.2, -0.15) is 0 Å². The van der Waals surface area contributed by atoms with Crippen molar-refractivity contribution in [1.29, 1.82) is 0 Å². The van der Waals surface area contributed by atoms with Gasteiger partial charge in [-0.25, -0.2) is 0 Å². The lowest BCUT2D eigenvalue weighted by Crippen LogP contribution is -2.28. The SMILES string of the molecule is CCNCC(CC)OCc1ccc2c(c1)OCO2. The van der Waals surface area contributed by atoms with Crippen molar-refractivity contribution in [1.82, 2.24) is 5.32 Å². The van der Waals surface area contributed by atoms with Crippen LogP contribution in [0.15, 0.2) is 18.2 Å². The van der Waals surface area contributed by atoms with Crippen LogP contribution in [0.1, 0.15) is 25.8 Å². The highest BCUT2D eigenvalue weighted by Gasteiger charge is 2.13. The summed E-state index contributed by atoms with van der Waals surface area (Å²) < 4.78 is 16.5. The molecule has 0 saturated carbocycles. The zero-order chi connectivity index (χ0) is 12.8. The standard InChI is InChI=1S/C14H21NO3/c1-3-12(8-15-4-2)16-9-11-5-6-13-14(7-11)18-10-17-13/h5-7,12,15H,3-4,8-10H2,1-2H3. The van der Waals surface area contributed by atoms with Crippen molar-refractivity contribution in [3.05, 3.63) is 23.8 Å². The quantitative estimate of drug-likeness (QED) is 0.807. The van der Waals surface area contributed by atoms with Crippen LogP contribution >= 0.6 is 0 Å². The molecule has 0 aliphatic carbocycles. The van der Waals surface area contributed by atoms with Crippen molar-refractivity contribution in [2.24, 2.45) is 0 Å². The molecule has 100 valence electrons. The summed E-state index contributed by atoms with van der Waals surface area (Å²) in [5.41, 5.74) is 1.12. The van der Waals surface area contributed by atoms with Crippen molar-refractivity contribution < 1.29 is 14.2 Å². The minimum Gasteiger partial charge on any atom is -0.454 e. The van der Waals surface area contributed by atoms with E-state index in [0.29, 0.717) is 13.4 Å². The molecule has 0 spiro atoms. The van der Waals surface area contributed by atoms with E-state index in [2.05, 4.69) is 19.2 Å². The molecule has 0 radical (unpaired) electrons. The van der Waals surface area contributed by atoms with Crippen LogP contribution in [0, 0.1) is 0 Å². The average molecular weight is 251 g/mol. The van der Waals surface area contributed by atoms with Gasteiger partial charge in [0.15, 0.2) is 11.5 Å². The Morgan fingerprint density at radius 3 is 2.89 bits per heavy atom. The Morgan fingerprint density at radius 1 is 1.28 bits per heavy atom. The van der Waals surface area contributed by atoms with Crippen molar-refractivity contribution in [3.63, 3.8) is 0 Å². The van der Waals surface area contributed by atoms with Gasteiger partial charge in [-0.1, -0.05) is 19.9 Å². The van der Waals surface area contributed by atoms with Crippen LogP contribution in [0.3, 0.4) is 0 Å². The highest BCUT2D eigenvalue weighted by Crippen LogP contribution is 2.32. The number of rotatable bonds is 7. The molecule has 0 aromatic heterocycles. The highest BCUT2D eigenvalue weighted by molar-refractivity contribution is 5.44. The summed E-state index contributed by atoms with van der Waals surface area (Å²) in [4.78, 5) is 0. The molecule has 18 heavy (non-hydrogen) atoms. The van der Waals surface area contributed by atoms with Crippen LogP contribution in [0.5, 0.6) is 11.5 Å². The molecule has 1 aliphatic rings. The van der Waals surface area contributed by atoms with Gasteiger partial charge in [-0.3, -0.25) is 0 Å². The second-order valence-corrected chi connectivity index (χ2v) is 4.34. The monoisotopic (exact) mass is 251 g/mol. The Bertz CT molecular complexity index is 381. The van der Waals surface area contributed by atoms with Gasteiger partial charge in [0.25, 0.3) is 0 Å². The first-order valence-corrected chi connectivity index (χ1v) is 6.54. The number of nitrogens with one attached hydrogen (secondary N) is 1. The van der Waals surface area contributed by atoms with Crippen LogP contribution in [0.2, 0.25) is 0 Å².